The number of rotatable bonds is 2. The van der Waals surface area contributed by atoms with E-state index >= 15 is 0 Å². The van der Waals surface area contributed by atoms with E-state index < -0.39 is 0 Å². The summed E-state index contributed by atoms with van der Waals surface area (Å²) in [6.45, 7) is 6.55. The molecule has 0 aromatic heterocycles. The Morgan fingerprint density at radius 3 is 3.00 bits per heavy atom. The van der Waals surface area contributed by atoms with E-state index in [1.165, 1.54) is 0 Å². The number of nitrogens with zero attached hydrogens (tertiary/aromatic N) is 1. The van der Waals surface area contributed by atoms with Crippen LogP contribution in [0.1, 0.15) is 19.8 Å². The Morgan fingerprint density at radius 1 is 1.44 bits per heavy atom. The van der Waals surface area contributed by atoms with Gasteiger partial charge in [0.25, 0.3) is 0 Å². The molecule has 5 nitrogen and oxygen atoms in total. The maximum absolute atomic E-state index is 12.1. The van der Waals surface area contributed by atoms with Gasteiger partial charge < -0.3 is 19.7 Å². The molecule has 1 amide bonds. The van der Waals surface area contributed by atoms with Crippen LogP contribution in [0.15, 0.2) is 0 Å². The lowest BCUT2D eigenvalue weighted by Gasteiger charge is -2.27. The van der Waals surface area contributed by atoms with Gasteiger partial charge in [-0.1, -0.05) is 0 Å². The van der Waals surface area contributed by atoms with Crippen LogP contribution in [0.2, 0.25) is 0 Å². The van der Waals surface area contributed by atoms with Gasteiger partial charge in [-0.3, -0.25) is 4.79 Å². The maximum atomic E-state index is 12.1. The zero-order valence-corrected chi connectivity index (χ0v) is 11.7. The minimum atomic E-state index is 0. The lowest BCUT2D eigenvalue weighted by atomic mass is 10.1. The number of hydrogen-bond acceptors (Lipinski definition) is 4. The highest BCUT2D eigenvalue weighted by atomic mass is 35.5. The summed E-state index contributed by atoms with van der Waals surface area (Å²) in [5, 5.41) is 3.31. The quantitative estimate of drug-likeness (QED) is 0.796. The minimum Gasteiger partial charge on any atom is -0.378 e. The van der Waals surface area contributed by atoms with Crippen LogP contribution in [0.3, 0.4) is 0 Å². The normalized spacial score (nSPS) is 29.3. The number of carbonyl (C=O) groups excluding carboxylic acids is 1. The highest BCUT2D eigenvalue weighted by Gasteiger charge is 2.23. The Bertz CT molecular complexity index is 260. The summed E-state index contributed by atoms with van der Waals surface area (Å²) in [6, 6.07) is 0.177. The minimum absolute atomic E-state index is 0. The average Bonchev–Trinajstić information content (AvgIpc) is 2.55. The zero-order chi connectivity index (χ0) is 12.1. The fraction of sp³-hybridized carbons (Fsp3) is 0.917. The molecule has 1 N–H and O–H groups in total. The number of hydrogen-bond donors (Lipinski definition) is 1. The lowest BCUT2D eigenvalue weighted by molar-refractivity contribution is -0.133. The Balaban J connectivity index is 0.00000162. The van der Waals surface area contributed by atoms with E-state index in [2.05, 4.69) is 5.32 Å². The lowest BCUT2D eigenvalue weighted by Crippen LogP contribution is -2.46. The van der Waals surface area contributed by atoms with Gasteiger partial charge >= 0.3 is 0 Å². The topological polar surface area (TPSA) is 50.8 Å². The monoisotopic (exact) mass is 278 g/mol. The van der Waals surface area contributed by atoms with Crippen molar-refractivity contribution in [1.82, 2.24) is 10.2 Å². The van der Waals surface area contributed by atoms with E-state index in [-0.39, 0.29) is 30.5 Å². The molecule has 2 aliphatic rings. The van der Waals surface area contributed by atoms with Crippen molar-refractivity contribution in [3.8, 4) is 0 Å². The first-order valence-corrected chi connectivity index (χ1v) is 6.46. The third kappa shape index (κ3) is 4.72. The fourth-order valence-electron chi connectivity index (χ4n) is 2.31. The van der Waals surface area contributed by atoms with Crippen LogP contribution in [0, 0.1) is 0 Å². The second-order valence-electron chi connectivity index (χ2n) is 4.80. The molecule has 2 rings (SSSR count). The molecular formula is C12H23ClN2O3. The third-order valence-corrected chi connectivity index (χ3v) is 3.22. The van der Waals surface area contributed by atoms with Crippen molar-refractivity contribution in [3.63, 3.8) is 0 Å². The van der Waals surface area contributed by atoms with Crippen molar-refractivity contribution in [2.24, 2.45) is 0 Å². The summed E-state index contributed by atoms with van der Waals surface area (Å²) >= 11 is 0. The summed E-state index contributed by atoms with van der Waals surface area (Å²) in [5.74, 6) is 0.213. The molecule has 106 valence electrons. The molecule has 0 bridgehead atoms. The van der Waals surface area contributed by atoms with Gasteiger partial charge in [-0.2, -0.15) is 0 Å². The van der Waals surface area contributed by atoms with Crippen LogP contribution in [-0.4, -0.2) is 62.4 Å². The molecular weight excluding hydrogens is 256 g/mol. The molecule has 2 unspecified atom stereocenters. The molecule has 18 heavy (non-hydrogen) atoms. The van der Waals surface area contributed by atoms with Crippen LogP contribution >= 0.6 is 12.4 Å². The molecule has 0 spiro atoms. The van der Waals surface area contributed by atoms with Crippen LogP contribution in [-0.2, 0) is 14.3 Å². The first-order valence-electron chi connectivity index (χ1n) is 6.46. The predicted molar refractivity (Wildman–Crippen MR) is 71.1 cm³/mol. The molecule has 2 saturated heterocycles. The van der Waals surface area contributed by atoms with E-state index in [0.29, 0.717) is 19.6 Å². The summed E-state index contributed by atoms with van der Waals surface area (Å²) in [6.07, 6.45) is 1.62. The fourth-order valence-corrected chi connectivity index (χ4v) is 2.31. The molecule has 0 aromatic rings. The molecule has 2 fully saturated rings. The van der Waals surface area contributed by atoms with Gasteiger partial charge in [0.2, 0.25) is 5.91 Å². The maximum Gasteiger partial charge on any atom is 0.224 e. The van der Waals surface area contributed by atoms with Crippen molar-refractivity contribution >= 4 is 18.3 Å². The van der Waals surface area contributed by atoms with E-state index in [1.54, 1.807) is 0 Å². The first kappa shape index (κ1) is 15.7. The molecule has 6 heteroatoms. The van der Waals surface area contributed by atoms with Crippen LogP contribution in [0.5, 0.6) is 0 Å². The Morgan fingerprint density at radius 2 is 2.28 bits per heavy atom. The molecule has 0 aliphatic carbocycles. The second kappa shape index (κ2) is 7.94. The Hall–Kier alpha value is -0.360. The number of carbonyl (C=O) groups is 1. The van der Waals surface area contributed by atoms with E-state index in [9.17, 15) is 4.79 Å². The van der Waals surface area contributed by atoms with Crippen molar-refractivity contribution in [2.45, 2.75) is 31.9 Å². The van der Waals surface area contributed by atoms with E-state index in [0.717, 1.165) is 32.7 Å². The van der Waals surface area contributed by atoms with Crippen molar-refractivity contribution < 1.29 is 14.3 Å². The van der Waals surface area contributed by atoms with E-state index in [1.807, 2.05) is 11.8 Å². The highest BCUT2D eigenvalue weighted by molar-refractivity contribution is 5.85. The van der Waals surface area contributed by atoms with Gasteiger partial charge in [0.1, 0.15) is 0 Å². The van der Waals surface area contributed by atoms with Crippen molar-refractivity contribution in [1.29, 1.82) is 0 Å². The first-order chi connectivity index (χ1) is 8.25. The predicted octanol–water partition coefficient (Wildman–Crippen LogP) is 0.424. The van der Waals surface area contributed by atoms with Gasteiger partial charge in [0, 0.05) is 38.7 Å². The van der Waals surface area contributed by atoms with Gasteiger partial charge in [0.05, 0.1) is 19.3 Å². The molecule has 2 aliphatic heterocycles. The van der Waals surface area contributed by atoms with Gasteiger partial charge in [-0.25, -0.2) is 0 Å². The highest BCUT2D eigenvalue weighted by Crippen LogP contribution is 2.09. The molecule has 2 atom stereocenters. The largest absolute Gasteiger partial charge is 0.378 e. The number of ether oxygens (including phenoxy) is 2. The van der Waals surface area contributed by atoms with Crippen LogP contribution in [0.25, 0.3) is 0 Å². The number of morpholine rings is 1. The summed E-state index contributed by atoms with van der Waals surface area (Å²) < 4.78 is 10.9. The Kier molecular flexibility index (Phi) is 6.92. The molecule has 0 aromatic carbocycles. The van der Waals surface area contributed by atoms with Gasteiger partial charge in [-0.15, -0.1) is 12.4 Å². The summed E-state index contributed by atoms with van der Waals surface area (Å²) in [4.78, 5) is 14.1. The SMILES string of the molecule is CC1CN(C(=O)CC2COCCN2)CCCO1.Cl. The van der Waals surface area contributed by atoms with Crippen molar-refractivity contribution in [2.75, 3.05) is 39.5 Å². The smallest absolute Gasteiger partial charge is 0.224 e. The van der Waals surface area contributed by atoms with E-state index in [4.69, 9.17) is 9.47 Å². The van der Waals surface area contributed by atoms with Crippen LogP contribution in [0.4, 0.5) is 0 Å². The number of nitrogens with one attached hydrogen (secondary N) is 1. The van der Waals surface area contributed by atoms with Gasteiger partial charge in [-0.05, 0) is 13.3 Å². The standard InChI is InChI=1S/C12H22N2O3.ClH/c1-10-8-14(4-2-5-17-10)12(15)7-11-9-16-6-3-13-11;/h10-11,13H,2-9H2,1H3;1H. The molecule has 0 saturated carbocycles. The molecule has 0 radical (unpaired) electrons. The van der Waals surface area contributed by atoms with Gasteiger partial charge in [0.15, 0.2) is 0 Å². The molecule has 2 heterocycles. The summed E-state index contributed by atoms with van der Waals surface area (Å²) in [5.41, 5.74) is 0. The zero-order valence-electron chi connectivity index (χ0n) is 10.9. The van der Waals surface area contributed by atoms with Crippen molar-refractivity contribution in [3.05, 3.63) is 0 Å². The number of amides is 1. The van der Waals surface area contributed by atoms with Crippen LogP contribution < -0.4 is 5.32 Å². The number of halogens is 1. The third-order valence-electron chi connectivity index (χ3n) is 3.22. The average molecular weight is 279 g/mol. The second-order valence-corrected chi connectivity index (χ2v) is 4.80. The summed E-state index contributed by atoms with van der Waals surface area (Å²) in [7, 11) is 0. The Labute approximate surface area is 115 Å².